The lowest BCUT2D eigenvalue weighted by atomic mass is 10.2. The molecule has 6 heteroatoms. The van der Waals surface area contributed by atoms with Gasteiger partial charge in [-0.25, -0.2) is 0 Å². The minimum absolute atomic E-state index is 0.493. The summed E-state index contributed by atoms with van der Waals surface area (Å²) >= 11 is 0. The minimum atomic E-state index is -3.41. The second kappa shape index (κ2) is 5.62. The van der Waals surface area contributed by atoms with E-state index in [-0.39, 0.29) is 0 Å². The van der Waals surface area contributed by atoms with Crippen LogP contribution in [0.2, 0.25) is 0 Å². The van der Waals surface area contributed by atoms with Crippen molar-refractivity contribution >= 4 is 13.6 Å². The van der Waals surface area contributed by atoms with Crippen molar-refractivity contribution in [2.45, 2.75) is 32.0 Å². The fourth-order valence-electron chi connectivity index (χ4n) is 1.69. The van der Waals surface area contributed by atoms with Crippen molar-refractivity contribution in [2.24, 2.45) is 0 Å². The summed E-state index contributed by atoms with van der Waals surface area (Å²) in [5.74, 6) is -1.39. The van der Waals surface area contributed by atoms with E-state index in [0.717, 1.165) is 24.8 Å². The van der Waals surface area contributed by atoms with E-state index in [1.165, 1.54) is 21.1 Å². The molecule has 0 saturated heterocycles. The van der Waals surface area contributed by atoms with Crippen LogP contribution in [0.15, 0.2) is 11.6 Å². The summed E-state index contributed by atoms with van der Waals surface area (Å²) in [4.78, 5) is 11.0. The number of hydrogen-bond donors (Lipinski definition) is 0. The fraction of sp³-hybridized carbons (Fsp3) is 0.700. The lowest BCUT2D eigenvalue weighted by Gasteiger charge is -2.24. The van der Waals surface area contributed by atoms with Gasteiger partial charge >= 0.3 is 13.6 Å². The van der Waals surface area contributed by atoms with E-state index in [1.807, 2.05) is 6.08 Å². The molecule has 0 saturated carbocycles. The standard InChI is InChI=1S/C10H17O5P/c1-8(11)15-10(9-6-4-5-7-9)16(12,13-2)14-3/h6,10H,4-5,7H2,1-3H3/t10-/m1/s1. The number of allylic oxidation sites excluding steroid dienone is 1. The van der Waals surface area contributed by atoms with Crippen molar-refractivity contribution in [2.75, 3.05) is 14.2 Å². The fourth-order valence-corrected chi connectivity index (χ4v) is 3.14. The van der Waals surface area contributed by atoms with Crippen LogP contribution in [0.25, 0.3) is 0 Å². The first-order valence-electron chi connectivity index (χ1n) is 5.11. The maximum atomic E-state index is 12.2. The Morgan fingerprint density at radius 3 is 2.44 bits per heavy atom. The number of ether oxygens (including phenoxy) is 1. The Hall–Kier alpha value is -0.640. The van der Waals surface area contributed by atoms with Gasteiger partial charge in [-0.3, -0.25) is 9.36 Å². The van der Waals surface area contributed by atoms with Gasteiger partial charge in [-0.2, -0.15) is 0 Å². The van der Waals surface area contributed by atoms with Gasteiger partial charge in [0.2, 0.25) is 5.85 Å². The summed E-state index contributed by atoms with van der Waals surface area (Å²) in [7, 11) is -0.830. The van der Waals surface area contributed by atoms with Crippen molar-refractivity contribution in [3.05, 3.63) is 11.6 Å². The van der Waals surface area contributed by atoms with E-state index in [9.17, 15) is 9.36 Å². The molecule has 1 aliphatic rings. The van der Waals surface area contributed by atoms with Crippen molar-refractivity contribution in [3.8, 4) is 0 Å². The highest BCUT2D eigenvalue weighted by Gasteiger charge is 2.40. The van der Waals surface area contributed by atoms with E-state index < -0.39 is 19.4 Å². The van der Waals surface area contributed by atoms with Crippen LogP contribution in [0, 0.1) is 0 Å². The summed E-state index contributed by atoms with van der Waals surface area (Å²) in [6.45, 7) is 1.28. The Kier molecular flexibility index (Phi) is 4.71. The zero-order chi connectivity index (χ0) is 12.2. The predicted octanol–water partition coefficient (Wildman–Crippen LogP) is 2.47. The van der Waals surface area contributed by atoms with E-state index in [4.69, 9.17) is 13.8 Å². The van der Waals surface area contributed by atoms with Crippen molar-refractivity contribution < 1.29 is 23.1 Å². The van der Waals surface area contributed by atoms with Crippen LogP contribution in [-0.4, -0.2) is 26.0 Å². The molecular formula is C10H17O5P. The van der Waals surface area contributed by atoms with Crippen LogP contribution in [0.1, 0.15) is 26.2 Å². The van der Waals surface area contributed by atoms with Crippen molar-refractivity contribution in [3.63, 3.8) is 0 Å². The largest absolute Gasteiger partial charge is 0.445 e. The lowest BCUT2D eigenvalue weighted by molar-refractivity contribution is -0.142. The van der Waals surface area contributed by atoms with E-state index in [1.54, 1.807) is 0 Å². The highest BCUT2D eigenvalue weighted by atomic mass is 31.2. The van der Waals surface area contributed by atoms with Gasteiger partial charge in [0.1, 0.15) is 0 Å². The first-order valence-corrected chi connectivity index (χ1v) is 6.72. The smallest absolute Gasteiger partial charge is 0.374 e. The molecule has 0 aromatic rings. The molecule has 0 fully saturated rings. The quantitative estimate of drug-likeness (QED) is 0.425. The first kappa shape index (κ1) is 13.4. The third-order valence-corrected chi connectivity index (χ3v) is 4.50. The zero-order valence-electron chi connectivity index (χ0n) is 9.76. The Bertz CT molecular complexity index is 328. The molecule has 0 radical (unpaired) electrons. The van der Waals surface area contributed by atoms with Gasteiger partial charge in [0.05, 0.1) is 0 Å². The highest BCUT2D eigenvalue weighted by molar-refractivity contribution is 7.54. The molecule has 0 bridgehead atoms. The Labute approximate surface area is 95.3 Å². The normalized spacial score (nSPS) is 18.1. The molecule has 0 aliphatic heterocycles. The molecule has 16 heavy (non-hydrogen) atoms. The second-order valence-electron chi connectivity index (χ2n) is 3.54. The topological polar surface area (TPSA) is 61.8 Å². The molecule has 0 N–H and O–H groups in total. The molecule has 0 unspecified atom stereocenters. The predicted molar refractivity (Wildman–Crippen MR) is 59.1 cm³/mol. The molecule has 0 amide bonds. The van der Waals surface area contributed by atoms with Gasteiger partial charge in [-0.15, -0.1) is 0 Å². The average Bonchev–Trinajstić information content (AvgIpc) is 2.78. The number of carbonyl (C=O) groups is 1. The second-order valence-corrected chi connectivity index (χ2v) is 5.82. The Morgan fingerprint density at radius 2 is 2.06 bits per heavy atom. The molecule has 0 aromatic carbocycles. The summed E-state index contributed by atoms with van der Waals surface area (Å²) in [6.07, 6.45) is 4.56. The van der Waals surface area contributed by atoms with Gasteiger partial charge in [-0.05, 0) is 24.8 Å². The monoisotopic (exact) mass is 248 g/mol. The van der Waals surface area contributed by atoms with Crippen molar-refractivity contribution in [1.82, 2.24) is 0 Å². The SMILES string of the molecule is COP(=O)(OC)[C@@H](OC(C)=O)C1=CCCC1. The summed E-state index contributed by atoms with van der Waals surface area (Å²) < 4.78 is 27.0. The van der Waals surface area contributed by atoms with Crippen LogP contribution in [0.4, 0.5) is 0 Å². The maximum Gasteiger partial charge on any atom is 0.374 e. The van der Waals surface area contributed by atoms with E-state index in [0.29, 0.717) is 0 Å². The van der Waals surface area contributed by atoms with Gasteiger partial charge in [0.25, 0.3) is 0 Å². The van der Waals surface area contributed by atoms with E-state index in [2.05, 4.69) is 0 Å². The molecular weight excluding hydrogens is 231 g/mol. The summed E-state index contributed by atoms with van der Waals surface area (Å²) in [5, 5.41) is 0. The van der Waals surface area contributed by atoms with Gasteiger partial charge < -0.3 is 13.8 Å². The van der Waals surface area contributed by atoms with Crippen molar-refractivity contribution in [1.29, 1.82) is 0 Å². The molecule has 0 spiro atoms. The summed E-state index contributed by atoms with van der Waals surface area (Å²) in [5.41, 5.74) is 0.822. The van der Waals surface area contributed by atoms with Crippen LogP contribution < -0.4 is 0 Å². The highest BCUT2D eigenvalue weighted by Crippen LogP contribution is 2.56. The van der Waals surface area contributed by atoms with Gasteiger partial charge in [0, 0.05) is 21.1 Å². The molecule has 0 heterocycles. The molecule has 92 valence electrons. The Balaban J connectivity index is 2.94. The maximum absolute atomic E-state index is 12.2. The zero-order valence-corrected chi connectivity index (χ0v) is 10.7. The number of esters is 1. The van der Waals surface area contributed by atoms with Crippen LogP contribution in [0.3, 0.4) is 0 Å². The average molecular weight is 248 g/mol. The number of carbonyl (C=O) groups excluding carboxylic acids is 1. The van der Waals surface area contributed by atoms with Crippen LogP contribution >= 0.6 is 7.60 Å². The van der Waals surface area contributed by atoms with Gasteiger partial charge in [-0.1, -0.05) is 6.08 Å². The van der Waals surface area contributed by atoms with Crippen LogP contribution in [0.5, 0.6) is 0 Å². The molecule has 5 nitrogen and oxygen atoms in total. The number of rotatable bonds is 5. The number of hydrogen-bond acceptors (Lipinski definition) is 5. The molecule has 0 aromatic heterocycles. The van der Waals surface area contributed by atoms with Gasteiger partial charge in [0.15, 0.2) is 0 Å². The lowest BCUT2D eigenvalue weighted by Crippen LogP contribution is -2.20. The molecule has 1 atom stereocenters. The molecule has 1 rings (SSSR count). The first-order chi connectivity index (χ1) is 7.53. The molecule has 1 aliphatic carbocycles. The van der Waals surface area contributed by atoms with Crippen LogP contribution in [-0.2, 0) is 23.1 Å². The summed E-state index contributed by atoms with van der Waals surface area (Å²) in [6, 6.07) is 0. The minimum Gasteiger partial charge on any atom is -0.445 e. The van der Waals surface area contributed by atoms with E-state index >= 15 is 0 Å². The third-order valence-electron chi connectivity index (χ3n) is 2.47. The third kappa shape index (κ3) is 2.94. The Morgan fingerprint density at radius 1 is 1.44 bits per heavy atom.